The minimum absolute atomic E-state index is 0.0455. The summed E-state index contributed by atoms with van der Waals surface area (Å²) < 4.78 is 6.59. The van der Waals surface area contributed by atoms with Gasteiger partial charge >= 0.3 is 0 Å². The number of halogens is 2. The lowest BCUT2D eigenvalue weighted by atomic mass is 10.3. The summed E-state index contributed by atoms with van der Waals surface area (Å²) in [6, 6.07) is 4.40. The molecule has 0 saturated carbocycles. The quantitative estimate of drug-likeness (QED) is 0.596. The molecular weight excluding hydrogens is 408 g/mol. The molecule has 2 aromatic rings. The molecule has 0 bridgehead atoms. The van der Waals surface area contributed by atoms with E-state index in [0.29, 0.717) is 26.5 Å². The van der Waals surface area contributed by atoms with Crippen molar-refractivity contribution in [3.63, 3.8) is 0 Å². The monoisotopic (exact) mass is 416 g/mol. The number of aromatic nitrogens is 2. The van der Waals surface area contributed by atoms with Crippen molar-refractivity contribution in [2.45, 2.75) is 6.92 Å². The third-order valence-corrected chi connectivity index (χ3v) is 3.63. The predicted octanol–water partition coefficient (Wildman–Crippen LogP) is 4.05. The van der Waals surface area contributed by atoms with Crippen LogP contribution in [0.1, 0.15) is 5.69 Å². The summed E-state index contributed by atoms with van der Waals surface area (Å²) in [5.41, 5.74) is 0.689. The minimum atomic E-state index is -0.479. The molecule has 0 radical (unpaired) electrons. The first-order valence-electron chi connectivity index (χ1n) is 5.75. The summed E-state index contributed by atoms with van der Waals surface area (Å²) in [5, 5.41) is 13.6. The maximum Gasteiger partial charge on any atom is 0.271 e. The van der Waals surface area contributed by atoms with E-state index < -0.39 is 4.92 Å². The number of nitrogens with one attached hydrogen (secondary N) is 1. The number of hydrogen-bond donors (Lipinski definition) is 1. The van der Waals surface area contributed by atoms with Crippen molar-refractivity contribution in [3.8, 4) is 11.6 Å². The molecule has 2 rings (SSSR count). The standard InChI is InChI=1S/C12H10Br2N4O3/c1-6-3-10(17-12(15-2)16-6)21-11-8(13)4-7(18(19)20)5-9(11)14/h3-5H,1-2H3,(H,15,16,17). The Morgan fingerprint density at radius 1 is 1.24 bits per heavy atom. The Kier molecular flexibility index (Phi) is 4.73. The van der Waals surface area contributed by atoms with E-state index >= 15 is 0 Å². The van der Waals surface area contributed by atoms with Gasteiger partial charge in [-0.2, -0.15) is 4.98 Å². The smallest absolute Gasteiger partial charge is 0.271 e. The number of hydrogen-bond acceptors (Lipinski definition) is 6. The molecule has 7 nitrogen and oxygen atoms in total. The molecule has 1 aromatic carbocycles. The highest BCUT2D eigenvalue weighted by Gasteiger charge is 2.16. The van der Waals surface area contributed by atoms with Crippen LogP contribution >= 0.6 is 31.9 Å². The number of nitro benzene ring substituents is 1. The zero-order valence-corrected chi connectivity index (χ0v) is 14.2. The molecule has 0 saturated heterocycles. The third-order valence-electron chi connectivity index (χ3n) is 2.45. The highest BCUT2D eigenvalue weighted by molar-refractivity contribution is 9.11. The zero-order chi connectivity index (χ0) is 15.6. The minimum Gasteiger partial charge on any atom is -0.436 e. The van der Waals surface area contributed by atoms with Gasteiger partial charge < -0.3 is 10.1 Å². The average Bonchev–Trinajstić information content (AvgIpc) is 2.41. The van der Waals surface area contributed by atoms with E-state index in [9.17, 15) is 10.1 Å². The van der Waals surface area contributed by atoms with Gasteiger partial charge in [0.15, 0.2) is 5.75 Å². The van der Waals surface area contributed by atoms with Crippen LogP contribution in [0.15, 0.2) is 27.1 Å². The van der Waals surface area contributed by atoms with Crippen LogP contribution in [0.2, 0.25) is 0 Å². The van der Waals surface area contributed by atoms with E-state index in [1.165, 1.54) is 12.1 Å². The van der Waals surface area contributed by atoms with Gasteiger partial charge in [0, 0.05) is 30.9 Å². The number of nitrogens with zero attached hydrogens (tertiary/aromatic N) is 3. The van der Waals surface area contributed by atoms with Crippen LogP contribution in [-0.4, -0.2) is 21.9 Å². The number of non-ortho nitro benzene ring substituents is 1. The molecule has 0 amide bonds. The molecule has 0 aliphatic carbocycles. The van der Waals surface area contributed by atoms with Crippen molar-refractivity contribution in [3.05, 3.63) is 43.0 Å². The molecule has 110 valence electrons. The topological polar surface area (TPSA) is 90.2 Å². The second-order valence-electron chi connectivity index (χ2n) is 4.02. The zero-order valence-electron chi connectivity index (χ0n) is 11.1. The molecular formula is C12H10Br2N4O3. The fourth-order valence-electron chi connectivity index (χ4n) is 1.56. The molecule has 1 heterocycles. The summed E-state index contributed by atoms with van der Waals surface area (Å²) in [6.45, 7) is 1.81. The van der Waals surface area contributed by atoms with Crippen LogP contribution < -0.4 is 10.1 Å². The van der Waals surface area contributed by atoms with Gasteiger partial charge in [0.25, 0.3) is 5.69 Å². The lowest BCUT2D eigenvalue weighted by molar-refractivity contribution is -0.385. The van der Waals surface area contributed by atoms with Gasteiger partial charge in [-0.1, -0.05) is 0 Å². The second-order valence-corrected chi connectivity index (χ2v) is 5.73. The van der Waals surface area contributed by atoms with E-state index in [0.717, 1.165) is 5.69 Å². The van der Waals surface area contributed by atoms with Crippen molar-refractivity contribution in [2.24, 2.45) is 0 Å². The maximum atomic E-state index is 10.8. The molecule has 0 fully saturated rings. The van der Waals surface area contributed by atoms with Crippen molar-refractivity contribution in [2.75, 3.05) is 12.4 Å². The Morgan fingerprint density at radius 3 is 2.38 bits per heavy atom. The van der Waals surface area contributed by atoms with Gasteiger partial charge in [-0.25, -0.2) is 4.98 Å². The Hall–Kier alpha value is -1.74. The Balaban J connectivity index is 2.40. The van der Waals surface area contributed by atoms with E-state index in [-0.39, 0.29) is 5.69 Å². The molecule has 0 spiro atoms. The summed E-state index contributed by atoms with van der Waals surface area (Å²) >= 11 is 6.52. The van der Waals surface area contributed by atoms with Crippen molar-refractivity contribution < 1.29 is 9.66 Å². The van der Waals surface area contributed by atoms with Crippen LogP contribution in [0.25, 0.3) is 0 Å². The first-order valence-corrected chi connectivity index (χ1v) is 7.34. The SMILES string of the molecule is CNc1nc(C)cc(Oc2c(Br)cc([N+](=O)[O-])cc2Br)n1. The summed E-state index contributed by atoms with van der Waals surface area (Å²) in [6.07, 6.45) is 0. The van der Waals surface area contributed by atoms with E-state index in [1.807, 2.05) is 6.92 Å². The van der Waals surface area contributed by atoms with Crippen LogP contribution in [0, 0.1) is 17.0 Å². The van der Waals surface area contributed by atoms with Gasteiger partial charge in [-0.3, -0.25) is 10.1 Å². The van der Waals surface area contributed by atoms with Crippen molar-refractivity contribution in [1.29, 1.82) is 0 Å². The number of nitro groups is 1. The van der Waals surface area contributed by atoms with Gasteiger partial charge in [-0.05, 0) is 38.8 Å². The Labute approximate surface area is 137 Å². The summed E-state index contributed by atoms with van der Waals surface area (Å²) in [5.74, 6) is 1.17. The van der Waals surface area contributed by atoms with Crippen LogP contribution in [-0.2, 0) is 0 Å². The van der Waals surface area contributed by atoms with Crippen LogP contribution in [0.4, 0.5) is 11.6 Å². The van der Waals surface area contributed by atoms with Crippen molar-refractivity contribution >= 4 is 43.5 Å². The van der Waals surface area contributed by atoms with E-state index in [2.05, 4.69) is 47.1 Å². The largest absolute Gasteiger partial charge is 0.436 e. The Morgan fingerprint density at radius 2 is 1.86 bits per heavy atom. The number of rotatable bonds is 4. The average molecular weight is 418 g/mol. The number of anilines is 1. The van der Waals surface area contributed by atoms with Gasteiger partial charge in [-0.15, -0.1) is 0 Å². The lowest BCUT2D eigenvalue weighted by Crippen LogP contribution is -2.00. The third kappa shape index (κ3) is 3.67. The second kappa shape index (κ2) is 6.35. The number of aryl methyl sites for hydroxylation is 1. The molecule has 0 aliphatic heterocycles. The van der Waals surface area contributed by atoms with E-state index in [1.54, 1.807) is 13.1 Å². The summed E-state index contributed by atoms with van der Waals surface area (Å²) in [7, 11) is 1.70. The van der Waals surface area contributed by atoms with Crippen LogP contribution in [0.3, 0.4) is 0 Å². The Bertz CT molecular complexity index is 686. The molecule has 9 heteroatoms. The molecule has 1 N–H and O–H groups in total. The maximum absolute atomic E-state index is 10.8. The van der Waals surface area contributed by atoms with Gasteiger partial charge in [0.2, 0.25) is 11.8 Å². The normalized spacial score (nSPS) is 10.3. The van der Waals surface area contributed by atoms with E-state index in [4.69, 9.17) is 4.74 Å². The molecule has 0 unspecified atom stereocenters. The van der Waals surface area contributed by atoms with Crippen molar-refractivity contribution in [1.82, 2.24) is 9.97 Å². The molecule has 21 heavy (non-hydrogen) atoms. The molecule has 1 aromatic heterocycles. The first-order chi connectivity index (χ1) is 9.90. The van der Waals surface area contributed by atoms with Gasteiger partial charge in [0.05, 0.1) is 13.9 Å². The number of ether oxygens (including phenoxy) is 1. The summed E-state index contributed by atoms with van der Waals surface area (Å²) in [4.78, 5) is 18.6. The van der Waals surface area contributed by atoms with Gasteiger partial charge in [0.1, 0.15) is 0 Å². The molecule has 0 aliphatic rings. The fraction of sp³-hybridized carbons (Fsp3) is 0.167. The highest BCUT2D eigenvalue weighted by Crippen LogP contribution is 2.39. The predicted molar refractivity (Wildman–Crippen MR) is 84.9 cm³/mol. The molecule has 0 atom stereocenters. The van der Waals surface area contributed by atoms with Crippen LogP contribution in [0.5, 0.6) is 11.6 Å². The number of benzene rings is 1. The highest BCUT2D eigenvalue weighted by atomic mass is 79.9. The fourth-order valence-corrected chi connectivity index (χ4v) is 2.88. The lowest BCUT2D eigenvalue weighted by Gasteiger charge is -2.10. The first kappa shape index (κ1) is 15.6.